The van der Waals surface area contributed by atoms with Crippen LogP contribution in [0.25, 0.3) is 0 Å². The van der Waals surface area contributed by atoms with Gasteiger partial charge in [0.25, 0.3) is 0 Å². The third-order valence-electron chi connectivity index (χ3n) is 3.64. The van der Waals surface area contributed by atoms with E-state index >= 15 is 0 Å². The van der Waals surface area contributed by atoms with Gasteiger partial charge in [-0.1, -0.05) is 30.7 Å². The van der Waals surface area contributed by atoms with Crippen LogP contribution in [-0.2, 0) is 17.9 Å². The molecule has 3 nitrogen and oxygen atoms in total. The number of hydrogen-bond donors (Lipinski definition) is 1. The Bertz CT molecular complexity index is 362. The Balaban J connectivity index is 1.65. The van der Waals surface area contributed by atoms with E-state index in [9.17, 15) is 0 Å². The minimum Gasteiger partial charge on any atom is -0.375 e. The van der Waals surface area contributed by atoms with Gasteiger partial charge in [0.05, 0.1) is 13.2 Å². The Morgan fingerprint density at radius 3 is 2.74 bits per heavy atom. The molecule has 2 rings (SSSR count). The van der Waals surface area contributed by atoms with Gasteiger partial charge in [-0.15, -0.1) is 0 Å². The van der Waals surface area contributed by atoms with Gasteiger partial charge in [0, 0.05) is 13.1 Å². The third kappa shape index (κ3) is 5.31. The van der Waals surface area contributed by atoms with Crippen molar-refractivity contribution in [3.8, 4) is 0 Å². The summed E-state index contributed by atoms with van der Waals surface area (Å²) < 4.78 is 5.79. The topological polar surface area (TPSA) is 24.5 Å². The van der Waals surface area contributed by atoms with Crippen molar-refractivity contribution in [3.63, 3.8) is 0 Å². The number of ether oxygens (including phenoxy) is 1. The first-order valence-electron chi connectivity index (χ1n) is 7.41. The molecule has 3 heteroatoms. The van der Waals surface area contributed by atoms with Crippen molar-refractivity contribution in [2.45, 2.75) is 32.4 Å². The molecule has 1 aromatic rings. The molecule has 1 aromatic carbocycles. The summed E-state index contributed by atoms with van der Waals surface area (Å²) in [5.74, 6) is 0. The second kappa shape index (κ2) is 8.31. The maximum atomic E-state index is 5.79. The normalized spacial score (nSPS) is 16.7. The fourth-order valence-corrected chi connectivity index (χ4v) is 2.60. The molecule has 0 bridgehead atoms. The maximum Gasteiger partial charge on any atom is 0.0717 e. The molecule has 0 radical (unpaired) electrons. The van der Waals surface area contributed by atoms with E-state index in [1.807, 2.05) is 7.05 Å². The summed E-state index contributed by atoms with van der Waals surface area (Å²) in [4.78, 5) is 2.51. The highest BCUT2D eigenvalue weighted by atomic mass is 16.5. The van der Waals surface area contributed by atoms with E-state index in [1.54, 1.807) is 0 Å². The zero-order valence-corrected chi connectivity index (χ0v) is 12.0. The van der Waals surface area contributed by atoms with Gasteiger partial charge in [-0.2, -0.15) is 0 Å². The van der Waals surface area contributed by atoms with Crippen molar-refractivity contribution in [3.05, 3.63) is 35.4 Å². The highest BCUT2D eigenvalue weighted by Crippen LogP contribution is 2.09. The third-order valence-corrected chi connectivity index (χ3v) is 3.64. The molecule has 1 N–H and O–H groups in total. The van der Waals surface area contributed by atoms with E-state index < -0.39 is 0 Å². The number of benzene rings is 1. The summed E-state index contributed by atoms with van der Waals surface area (Å²) in [7, 11) is 1.97. The first-order chi connectivity index (χ1) is 9.38. The largest absolute Gasteiger partial charge is 0.375 e. The van der Waals surface area contributed by atoms with Gasteiger partial charge in [0.2, 0.25) is 0 Å². The van der Waals surface area contributed by atoms with Gasteiger partial charge in [0.15, 0.2) is 0 Å². The monoisotopic (exact) mass is 262 g/mol. The predicted molar refractivity (Wildman–Crippen MR) is 79.2 cm³/mol. The summed E-state index contributed by atoms with van der Waals surface area (Å²) in [5, 5.41) is 3.17. The predicted octanol–water partition coefficient (Wildman–Crippen LogP) is 2.41. The van der Waals surface area contributed by atoms with E-state index in [0.29, 0.717) is 0 Å². The van der Waals surface area contributed by atoms with Gasteiger partial charge in [0.1, 0.15) is 0 Å². The summed E-state index contributed by atoms with van der Waals surface area (Å²) in [5.41, 5.74) is 2.59. The van der Waals surface area contributed by atoms with Crippen molar-refractivity contribution in [2.75, 3.05) is 33.3 Å². The van der Waals surface area contributed by atoms with Crippen LogP contribution in [0.1, 0.15) is 30.4 Å². The Morgan fingerprint density at radius 2 is 1.95 bits per heavy atom. The number of piperidine rings is 1. The summed E-state index contributed by atoms with van der Waals surface area (Å²) >= 11 is 0. The van der Waals surface area contributed by atoms with Gasteiger partial charge in [-0.25, -0.2) is 0 Å². The standard InChI is InChI=1S/C16H26N2O/c1-17-13-15-6-5-7-16(12-15)14-19-11-10-18-8-3-2-4-9-18/h5-7,12,17H,2-4,8-11,13-14H2,1H3. The van der Waals surface area contributed by atoms with Crippen LogP contribution in [0.5, 0.6) is 0 Å². The molecular weight excluding hydrogens is 236 g/mol. The lowest BCUT2D eigenvalue weighted by atomic mass is 10.1. The number of likely N-dealkylation sites (tertiary alicyclic amines) is 1. The lowest BCUT2D eigenvalue weighted by molar-refractivity contribution is 0.0863. The lowest BCUT2D eigenvalue weighted by Crippen LogP contribution is -2.32. The summed E-state index contributed by atoms with van der Waals surface area (Å²) in [6.07, 6.45) is 4.10. The van der Waals surface area contributed by atoms with Crippen molar-refractivity contribution in [1.29, 1.82) is 0 Å². The molecule has 19 heavy (non-hydrogen) atoms. The number of hydrogen-bond acceptors (Lipinski definition) is 3. The van der Waals surface area contributed by atoms with E-state index in [0.717, 1.165) is 26.3 Å². The van der Waals surface area contributed by atoms with Crippen LogP contribution in [0.15, 0.2) is 24.3 Å². The Hall–Kier alpha value is -0.900. The van der Waals surface area contributed by atoms with Crippen molar-refractivity contribution >= 4 is 0 Å². The first-order valence-corrected chi connectivity index (χ1v) is 7.41. The first kappa shape index (κ1) is 14.5. The lowest BCUT2D eigenvalue weighted by Gasteiger charge is -2.26. The van der Waals surface area contributed by atoms with Crippen LogP contribution in [0, 0.1) is 0 Å². The minimum absolute atomic E-state index is 0.728. The average molecular weight is 262 g/mol. The van der Waals surface area contributed by atoms with Crippen molar-refractivity contribution < 1.29 is 4.74 Å². The fraction of sp³-hybridized carbons (Fsp3) is 0.625. The van der Waals surface area contributed by atoms with Crippen molar-refractivity contribution in [1.82, 2.24) is 10.2 Å². The Labute approximate surface area is 116 Å². The van der Waals surface area contributed by atoms with E-state index in [-0.39, 0.29) is 0 Å². The number of rotatable bonds is 7. The SMILES string of the molecule is CNCc1cccc(COCCN2CCCCC2)c1. The molecule has 0 aromatic heterocycles. The summed E-state index contributed by atoms with van der Waals surface area (Å²) in [6, 6.07) is 8.61. The zero-order chi connectivity index (χ0) is 13.3. The fourth-order valence-electron chi connectivity index (χ4n) is 2.60. The van der Waals surface area contributed by atoms with E-state index in [1.165, 1.54) is 43.5 Å². The molecule has 0 atom stereocenters. The second-order valence-electron chi connectivity index (χ2n) is 5.31. The van der Waals surface area contributed by atoms with Crippen LogP contribution in [0.3, 0.4) is 0 Å². The van der Waals surface area contributed by atoms with Crippen LogP contribution < -0.4 is 5.32 Å². The second-order valence-corrected chi connectivity index (χ2v) is 5.31. The number of nitrogens with one attached hydrogen (secondary N) is 1. The molecule has 106 valence electrons. The van der Waals surface area contributed by atoms with Gasteiger partial charge < -0.3 is 15.0 Å². The molecule has 0 spiro atoms. The van der Waals surface area contributed by atoms with Crippen LogP contribution in [-0.4, -0.2) is 38.2 Å². The minimum atomic E-state index is 0.728. The molecule has 1 fully saturated rings. The smallest absolute Gasteiger partial charge is 0.0717 e. The molecule has 1 heterocycles. The van der Waals surface area contributed by atoms with Gasteiger partial charge >= 0.3 is 0 Å². The van der Waals surface area contributed by atoms with Crippen LogP contribution in [0.2, 0.25) is 0 Å². The quantitative estimate of drug-likeness (QED) is 0.764. The molecule has 1 aliphatic heterocycles. The zero-order valence-electron chi connectivity index (χ0n) is 12.0. The molecule has 0 aliphatic carbocycles. The molecular formula is C16H26N2O. The van der Waals surface area contributed by atoms with Gasteiger partial charge in [-0.05, 0) is 44.1 Å². The van der Waals surface area contributed by atoms with E-state index in [4.69, 9.17) is 4.74 Å². The Morgan fingerprint density at radius 1 is 1.16 bits per heavy atom. The molecule has 0 saturated carbocycles. The summed E-state index contributed by atoms with van der Waals surface area (Å²) in [6.45, 7) is 6.07. The van der Waals surface area contributed by atoms with Crippen LogP contribution >= 0.6 is 0 Å². The molecule has 1 aliphatic rings. The Kier molecular flexibility index (Phi) is 6.34. The molecule has 1 saturated heterocycles. The van der Waals surface area contributed by atoms with Crippen molar-refractivity contribution in [2.24, 2.45) is 0 Å². The average Bonchev–Trinajstić information content (AvgIpc) is 2.46. The molecule has 0 amide bonds. The maximum absolute atomic E-state index is 5.79. The highest BCUT2D eigenvalue weighted by molar-refractivity contribution is 5.22. The number of nitrogens with zero attached hydrogens (tertiary/aromatic N) is 1. The molecule has 0 unspecified atom stereocenters. The van der Waals surface area contributed by atoms with E-state index in [2.05, 4.69) is 34.5 Å². The van der Waals surface area contributed by atoms with Crippen LogP contribution in [0.4, 0.5) is 0 Å². The van der Waals surface area contributed by atoms with Gasteiger partial charge in [-0.3, -0.25) is 0 Å². The highest BCUT2D eigenvalue weighted by Gasteiger charge is 2.08.